The lowest BCUT2D eigenvalue weighted by Gasteiger charge is -2.13. The van der Waals surface area contributed by atoms with Crippen molar-refractivity contribution in [2.45, 2.75) is 13.0 Å². The molecule has 0 aromatic heterocycles. The molecule has 1 heterocycles. The number of thiocarbonyl (C=S) groups is 1. The molecule has 0 radical (unpaired) electrons. The Morgan fingerprint density at radius 2 is 1.94 bits per heavy atom. The van der Waals surface area contributed by atoms with Crippen molar-refractivity contribution in [1.82, 2.24) is 10.2 Å². The highest BCUT2D eigenvalue weighted by Crippen LogP contribution is 2.32. The summed E-state index contributed by atoms with van der Waals surface area (Å²) in [5.41, 5.74) is 1.83. The molecule has 2 amide bonds. The van der Waals surface area contributed by atoms with Crippen LogP contribution in [0.1, 0.15) is 17.5 Å². The van der Waals surface area contributed by atoms with Crippen LogP contribution < -0.4 is 10.1 Å². The number of hydrogen-bond acceptors (Lipinski definition) is 6. The Bertz CT molecular complexity index is 1020. The Morgan fingerprint density at radius 1 is 1.16 bits per heavy atom. The molecule has 0 bridgehead atoms. The first-order valence-corrected chi connectivity index (χ1v) is 10.7. The monoisotopic (exact) mass is 456 g/mol. The molecule has 7 nitrogen and oxygen atoms in total. The first-order chi connectivity index (χ1) is 14.9. The van der Waals surface area contributed by atoms with Gasteiger partial charge in [0.2, 0.25) is 5.91 Å². The lowest BCUT2D eigenvalue weighted by atomic mass is 10.2. The summed E-state index contributed by atoms with van der Waals surface area (Å²) in [6.45, 7) is 0.180. The van der Waals surface area contributed by atoms with Crippen LogP contribution >= 0.6 is 24.0 Å². The van der Waals surface area contributed by atoms with Crippen LogP contribution in [0.4, 0.5) is 0 Å². The molecule has 1 saturated heterocycles. The molecule has 1 fully saturated rings. The zero-order valence-corrected chi connectivity index (χ0v) is 18.1. The third kappa shape index (κ3) is 6.66. The first kappa shape index (κ1) is 22.5. The minimum Gasteiger partial charge on any atom is -0.489 e. The van der Waals surface area contributed by atoms with Crippen LogP contribution in [0.2, 0.25) is 0 Å². The lowest BCUT2D eigenvalue weighted by Crippen LogP contribution is -2.40. The molecule has 2 aromatic rings. The zero-order valence-electron chi connectivity index (χ0n) is 16.4. The summed E-state index contributed by atoms with van der Waals surface area (Å²) in [6, 6.07) is 17.2. The van der Waals surface area contributed by atoms with E-state index in [0.29, 0.717) is 17.3 Å². The Kier molecular flexibility index (Phi) is 7.80. The molecule has 0 atom stereocenters. The zero-order chi connectivity index (χ0) is 22.2. The number of ether oxygens (including phenoxy) is 1. The van der Waals surface area contributed by atoms with Gasteiger partial charge in [-0.2, -0.15) is 0 Å². The number of thioether (sulfide) groups is 1. The Balaban J connectivity index is 1.61. The van der Waals surface area contributed by atoms with Gasteiger partial charge >= 0.3 is 5.97 Å². The average Bonchev–Trinajstić information content (AvgIpc) is 3.00. The Hall–Kier alpha value is -3.17. The highest BCUT2D eigenvalue weighted by Gasteiger charge is 2.33. The van der Waals surface area contributed by atoms with E-state index in [9.17, 15) is 14.4 Å². The fourth-order valence-corrected chi connectivity index (χ4v) is 3.99. The van der Waals surface area contributed by atoms with Gasteiger partial charge in [-0.25, -0.2) is 0 Å². The summed E-state index contributed by atoms with van der Waals surface area (Å²) in [5, 5.41) is 11.1. The second kappa shape index (κ2) is 10.7. The number of rotatable bonds is 9. The summed E-state index contributed by atoms with van der Waals surface area (Å²) in [5.74, 6) is -1.16. The highest BCUT2D eigenvalue weighted by atomic mass is 32.2. The number of benzene rings is 2. The number of carboxylic acids is 1. The summed E-state index contributed by atoms with van der Waals surface area (Å²) in [4.78, 5) is 36.8. The normalized spacial score (nSPS) is 14.7. The third-order valence-electron chi connectivity index (χ3n) is 4.24. The molecule has 1 aliphatic rings. The molecule has 9 heteroatoms. The summed E-state index contributed by atoms with van der Waals surface area (Å²) in [6.07, 6.45) is 1.52. The average molecular weight is 457 g/mol. The second-order valence-corrected chi connectivity index (χ2v) is 8.28. The standard InChI is InChI=1S/C22H20N2O5S2/c25-19(23-10-9-20(26)27)13-24-21(28)18(31-22(24)30)12-16-7-4-8-17(11-16)29-14-15-5-2-1-3-6-15/h1-8,11-12H,9-10,13-14H2,(H,23,25)(H,26,27)/b18-12-. The summed E-state index contributed by atoms with van der Waals surface area (Å²) in [7, 11) is 0. The molecule has 0 saturated carbocycles. The number of hydrogen-bond donors (Lipinski definition) is 2. The van der Waals surface area contributed by atoms with E-state index in [-0.39, 0.29) is 29.7 Å². The fraction of sp³-hybridized carbons (Fsp3) is 0.182. The van der Waals surface area contributed by atoms with Crippen molar-refractivity contribution in [3.8, 4) is 5.75 Å². The van der Waals surface area contributed by atoms with Crippen molar-refractivity contribution in [1.29, 1.82) is 0 Å². The van der Waals surface area contributed by atoms with E-state index in [1.807, 2.05) is 54.6 Å². The van der Waals surface area contributed by atoms with Gasteiger partial charge in [0, 0.05) is 6.54 Å². The first-order valence-electron chi connectivity index (χ1n) is 9.43. The number of aliphatic carboxylic acids is 1. The van der Waals surface area contributed by atoms with Gasteiger partial charge in [-0.15, -0.1) is 0 Å². The molecule has 3 rings (SSSR count). The number of amides is 2. The highest BCUT2D eigenvalue weighted by molar-refractivity contribution is 8.26. The molecule has 0 aliphatic carbocycles. The Labute approximate surface area is 189 Å². The maximum Gasteiger partial charge on any atom is 0.305 e. The largest absolute Gasteiger partial charge is 0.489 e. The van der Waals surface area contributed by atoms with Gasteiger partial charge in [0.1, 0.15) is 23.2 Å². The fourth-order valence-electron chi connectivity index (χ4n) is 2.73. The number of carbonyl (C=O) groups excluding carboxylic acids is 2. The van der Waals surface area contributed by atoms with Gasteiger partial charge in [0.25, 0.3) is 5.91 Å². The van der Waals surface area contributed by atoms with Gasteiger partial charge in [-0.05, 0) is 29.3 Å². The van der Waals surface area contributed by atoms with Crippen LogP contribution in [0.15, 0.2) is 59.5 Å². The van der Waals surface area contributed by atoms with Crippen LogP contribution in [-0.4, -0.2) is 45.2 Å². The van der Waals surface area contributed by atoms with E-state index in [2.05, 4.69) is 5.32 Å². The van der Waals surface area contributed by atoms with Crippen molar-refractivity contribution in [3.05, 3.63) is 70.6 Å². The number of carboxylic acid groups (broad SMARTS) is 1. The van der Waals surface area contributed by atoms with Gasteiger partial charge in [0.15, 0.2) is 0 Å². The number of nitrogens with zero attached hydrogens (tertiary/aromatic N) is 1. The molecule has 0 unspecified atom stereocenters. The van der Waals surface area contributed by atoms with Gasteiger partial charge in [-0.3, -0.25) is 19.3 Å². The van der Waals surface area contributed by atoms with Crippen molar-refractivity contribution in [2.75, 3.05) is 13.1 Å². The molecule has 0 spiro atoms. The smallest absolute Gasteiger partial charge is 0.305 e. The van der Waals surface area contributed by atoms with Crippen LogP contribution in [0.3, 0.4) is 0 Å². The van der Waals surface area contributed by atoms with Crippen molar-refractivity contribution in [3.63, 3.8) is 0 Å². The van der Waals surface area contributed by atoms with E-state index >= 15 is 0 Å². The minimum absolute atomic E-state index is 0.00538. The molecular weight excluding hydrogens is 436 g/mol. The number of carbonyl (C=O) groups is 3. The van der Waals surface area contributed by atoms with E-state index < -0.39 is 11.9 Å². The molecule has 2 N–H and O–H groups in total. The maximum absolute atomic E-state index is 12.7. The number of nitrogens with one attached hydrogen (secondary N) is 1. The quantitative estimate of drug-likeness (QED) is 0.442. The van der Waals surface area contributed by atoms with Gasteiger partial charge in [0.05, 0.1) is 11.3 Å². The predicted octanol–water partition coefficient (Wildman–Crippen LogP) is 3.06. The predicted molar refractivity (Wildman–Crippen MR) is 122 cm³/mol. The van der Waals surface area contributed by atoms with Crippen molar-refractivity contribution < 1.29 is 24.2 Å². The Morgan fingerprint density at radius 3 is 2.68 bits per heavy atom. The maximum atomic E-state index is 12.7. The molecule has 31 heavy (non-hydrogen) atoms. The van der Waals surface area contributed by atoms with E-state index in [4.69, 9.17) is 22.1 Å². The SMILES string of the molecule is O=C(O)CCNC(=O)CN1C(=O)/C(=C/c2cccc(OCc3ccccc3)c2)SC1=S. The van der Waals surface area contributed by atoms with Crippen LogP contribution in [0.25, 0.3) is 6.08 Å². The topological polar surface area (TPSA) is 95.9 Å². The van der Waals surface area contributed by atoms with E-state index in [1.54, 1.807) is 6.08 Å². The third-order valence-corrected chi connectivity index (χ3v) is 5.62. The van der Waals surface area contributed by atoms with Crippen LogP contribution in [0, 0.1) is 0 Å². The van der Waals surface area contributed by atoms with E-state index in [0.717, 1.165) is 22.9 Å². The molecule has 160 valence electrons. The van der Waals surface area contributed by atoms with Crippen LogP contribution in [0.5, 0.6) is 5.75 Å². The molecular formula is C22H20N2O5S2. The van der Waals surface area contributed by atoms with E-state index in [1.165, 1.54) is 4.90 Å². The van der Waals surface area contributed by atoms with Gasteiger partial charge < -0.3 is 15.2 Å². The van der Waals surface area contributed by atoms with Crippen LogP contribution in [-0.2, 0) is 21.0 Å². The lowest BCUT2D eigenvalue weighted by molar-refractivity contribution is -0.137. The van der Waals surface area contributed by atoms with Crippen molar-refractivity contribution in [2.24, 2.45) is 0 Å². The second-order valence-electron chi connectivity index (χ2n) is 6.61. The minimum atomic E-state index is -1.01. The molecule has 1 aliphatic heterocycles. The summed E-state index contributed by atoms with van der Waals surface area (Å²) >= 11 is 6.35. The van der Waals surface area contributed by atoms with Gasteiger partial charge in [-0.1, -0.05) is 66.4 Å². The summed E-state index contributed by atoms with van der Waals surface area (Å²) < 4.78 is 6.10. The van der Waals surface area contributed by atoms with Crippen molar-refractivity contribution >= 4 is 52.2 Å². The molecule has 2 aromatic carbocycles.